The van der Waals surface area contributed by atoms with Crippen LogP contribution in [0, 0.1) is 0 Å². The number of carbonyl (C=O) groups is 1. The third kappa shape index (κ3) is 20.2. The number of allylic oxidation sites excluding steroid dienone is 2. The second-order valence-corrected chi connectivity index (χ2v) is 9.91. The Morgan fingerprint density at radius 1 is 0.828 bits per heavy atom. The fraction of sp³-hybridized carbons (Fsp3) is 0.880. The topological polar surface area (TPSA) is 60.4 Å². The molecule has 0 bridgehead atoms. The van der Waals surface area contributed by atoms with E-state index in [1.54, 1.807) is 0 Å². The molecule has 1 atom stereocenters. The van der Waals surface area contributed by atoms with Crippen LogP contribution in [-0.4, -0.2) is 48.8 Å². The largest absolute Gasteiger partial charge is 0.550 e. The fourth-order valence-corrected chi connectivity index (χ4v) is 4.08. The SMILES string of the molecule is CCCCCCCC/C=C\CCCCCCCC[C@@](O)(CC(=O)[O-])C[N+](C)(C)C. The summed E-state index contributed by atoms with van der Waals surface area (Å²) in [7, 11) is 5.92. The summed E-state index contributed by atoms with van der Waals surface area (Å²) in [5.74, 6) is -1.16. The number of likely N-dealkylation sites (N-methyl/N-ethyl adjacent to an activating group) is 1. The van der Waals surface area contributed by atoms with Gasteiger partial charge in [-0.05, 0) is 32.1 Å². The van der Waals surface area contributed by atoms with Gasteiger partial charge in [-0.15, -0.1) is 0 Å². The van der Waals surface area contributed by atoms with Crippen LogP contribution in [0.2, 0.25) is 0 Å². The number of carboxylic acids is 1. The Morgan fingerprint density at radius 2 is 1.28 bits per heavy atom. The molecule has 0 amide bonds. The van der Waals surface area contributed by atoms with Gasteiger partial charge in [0.25, 0.3) is 0 Å². The van der Waals surface area contributed by atoms with Gasteiger partial charge in [-0.1, -0.05) is 83.3 Å². The van der Waals surface area contributed by atoms with Crippen molar-refractivity contribution in [1.82, 2.24) is 0 Å². The first kappa shape index (κ1) is 28.1. The molecule has 0 aromatic carbocycles. The minimum Gasteiger partial charge on any atom is -0.550 e. The van der Waals surface area contributed by atoms with Gasteiger partial charge in [-0.2, -0.15) is 0 Å². The monoisotopic (exact) mass is 411 g/mol. The molecule has 0 spiro atoms. The van der Waals surface area contributed by atoms with Crippen molar-refractivity contribution in [3.05, 3.63) is 12.2 Å². The number of carbonyl (C=O) groups excluding carboxylic acids is 1. The van der Waals surface area contributed by atoms with E-state index in [-0.39, 0.29) is 6.42 Å². The van der Waals surface area contributed by atoms with Crippen LogP contribution < -0.4 is 5.11 Å². The van der Waals surface area contributed by atoms with Gasteiger partial charge in [0.05, 0.1) is 21.1 Å². The number of unbranched alkanes of at least 4 members (excludes halogenated alkanes) is 12. The first-order valence-electron chi connectivity index (χ1n) is 12.1. The van der Waals surface area contributed by atoms with Gasteiger partial charge >= 0.3 is 0 Å². The zero-order valence-corrected chi connectivity index (χ0v) is 19.9. The van der Waals surface area contributed by atoms with Crippen LogP contribution >= 0.6 is 0 Å². The molecule has 0 aromatic heterocycles. The molecule has 0 rings (SSSR count). The summed E-state index contributed by atoms with van der Waals surface area (Å²) in [5, 5.41) is 21.7. The number of hydrogen-bond donors (Lipinski definition) is 1. The third-order valence-electron chi connectivity index (χ3n) is 5.40. The zero-order valence-electron chi connectivity index (χ0n) is 19.9. The van der Waals surface area contributed by atoms with Crippen LogP contribution in [0.4, 0.5) is 0 Å². The Labute approximate surface area is 181 Å². The van der Waals surface area contributed by atoms with Crippen LogP contribution in [0.1, 0.15) is 110 Å². The summed E-state index contributed by atoms with van der Waals surface area (Å²) in [6.45, 7) is 2.70. The summed E-state index contributed by atoms with van der Waals surface area (Å²) < 4.78 is 0.552. The van der Waals surface area contributed by atoms with Crippen molar-refractivity contribution >= 4 is 5.97 Å². The highest BCUT2D eigenvalue weighted by atomic mass is 16.4. The second kappa shape index (κ2) is 16.9. The van der Waals surface area contributed by atoms with Gasteiger partial charge < -0.3 is 19.5 Å². The van der Waals surface area contributed by atoms with E-state index in [4.69, 9.17) is 0 Å². The Kier molecular flexibility index (Phi) is 16.4. The van der Waals surface area contributed by atoms with E-state index in [9.17, 15) is 15.0 Å². The zero-order chi connectivity index (χ0) is 22.0. The maximum Gasteiger partial charge on any atom is 0.119 e. The lowest BCUT2D eigenvalue weighted by Crippen LogP contribution is -2.51. The summed E-state index contributed by atoms with van der Waals surface area (Å²) in [4.78, 5) is 11.0. The molecule has 0 radical (unpaired) electrons. The highest BCUT2D eigenvalue weighted by molar-refractivity contribution is 5.65. The normalized spacial score (nSPS) is 14.4. The molecule has 0 saturated heterocycles. The van der Waals surface area contributed by atoms with Crippen molar-refractivity contribution < 1.29 is 19.5 Å². The molecular weight excluding hydrogens is 362 g/mol. The van der Waals surface area contributed by atoms with Gasteiger partial charge in [0, 0.05) is 12.4 Å². The second-order valence-electron chi connectivity index (χ2n) is 9.91. The molecule has 0 aliphatic heterocycles. The van der Waals surface area contributed by atoms with Crippen molar-refractivity contribution in [2.24, 2.45) is 0 Å². The minimum atomic E-state index is -1.16. The molecule has 29 heavy (non-hydrogen) atoms. The average molecular weight is 412 g/mol. The smallest absolute Gasteiger partial charge is 0.119 e. The lowest BCUT2D eigenvalue weighted by atomic mass is 9.91. The summed E-state index contributed by atoms with van der Waals surface area (Å²) >= 11 is 0. The predicted molar refractivity (Wildman–Crippen MR) is 122 cm³/mol. The van der Waals surface area contributed by atoms with Crippen LogP contribution in [0.5, 0.6) is 0 Å². The number of aliphatic hydroxyl groups is 1. The first-order valence-corrected chi connectivity index (χ1v) is 12.1. The molecule has 0 aliphatic rings. The third-order valence-corrected chi connectivity index (χ3v) is 5.40. The number of nitrogens with zero attached hydrogens (tertiary/aromatic N) is 1. The maximum absolute atomic E-state index is 11.0. The highest BCUT2D eigenvalue weighted by Crippen LogP contribution is 2.22. The molecule has 172 valence electrons. The quantitative estimate of drug-likeness (QED) is 0.174. The van der Waals surface area contributed by atoms with Gasteiger partial charge in [-0.25, -0.2) is 0 Å². The molecule has 0 unspecified atom stereocenters. The van der Waals surface area contributed by atoms with E-state index in [1.807, 2.05) is 21.1 Å². The molecular formula is C25H49NO3. The van der Waals surface area contributed by atoms with E-state index >= 15 is 0 Å². The number of hydrogen-bond acceptors (Lipinski definition) is 3. The molecule has 0 heterocycles. The number of rotatable bonds is 20. The van der Waals surface area contributed by atoms with Crippen molar-refractivity contribution in [3.8, 4) is 0 Å². The lowest BCUT2D eigenvalue weighted by molar-refractivity contribution is -0.877. The Hall–Kier alpha value is -0.870. The average Bonchev–Trinajstić information content (AvgIpc) is 2.59. The van der Waals surface area contributed by atoms with Crippen molar-refractivity contribution in [1.29, 1.82) is 0 Å². The van der Waals surface area contributed by atoms with Gasteiger partial charge in [0.2, 0.25) is 0 Å². The van der Waals surface area contributed by atoms with Crippen LogP contribution in [-0.2, 0) is 4.79 Å². The lowest BCUT2D eigenvalue weighted by Gasteiger charge is -2.36. The number of aliphatic carboxylic acids is 1. The van der Waals surface area contributed by atoms with Crippen molar-refractivity contribution in [2.45, 2.75) is 115 Å². The molecule has 0 aromatic rings. The Morgan fingerprint density at radius 3 is 1.72 bits per heavy atom. The van der Waals surface area contributed by atoms with Crippen LogP contribution in [0.15, 0.2) is 12.2 Å². The Balaban J connectivity index is 3.65. The first-order chi connectivity index (χ1) is 13.7. The number of quaternary nitrogens is 1. The van der Waals surface area contributed by atoms with E-state index in [0.29, 0.717) is 17.4 Å². The standard InChI is InChI=1S/C25H49NO3/c1-5-6-7-8-9-10-11-12-13-14-15-16-17-18-19-20-21-25(29,22-24(27)28)23-26(2,3)4/h12-13,29H,5-11,14-23H2,1-4H3/b13-12-/t25-/m1/s1. The highest BCUT2D eigenvalue weighted by Gasteiger charge is 2.33. The van der Waals surface area contributed by atoms with Crippen LogP contribution in [0.25, 0.3) is 0 Å². The van der Waals surface area contributed by atoms with Crippen LogP contribution in [0.3, 0.4) is 0 Å². The van der Waals surface area contributed by atoms with Crippen molar-refractivity contribution in [2.75, 3.05) is 27.7 Å². The summed E-state index contributed by atoms with van der Waals surface area (Å²) in [6.07, 6.45) is 22.4. The maximum atomic E-state index is 11.0. The summed E-state index contributed by atoms with van der Waals surface area (Å²) in [5.41, 5.74) is -1.15. The van der Waals surface area contributed by atoms with E-state index < -0.39 is 11.6 Å². The van der Waals surface area contributed by atoms with E-state index in [2.05, 4.69) is 19.1 Å². The van der Waals surface area contributed by atoms with Gasteiger partial charge in [0.1, 0.15) is 12.1 Å². The van der Waals surface area contributed by atoms with E-state index in [0.717, 1.165) is 19.3 Å². The molecule has 0 saturated carbocycles. The number of carboxylic acid groups (broad SMARTS) is 1. The molecule has 4 nitrogen and oxygen atoms in total. The van der Waals surface area contributed by atoms with Gasteiger partial charge in [-0.3, -0.25) is 0 Å². The molecule has 4 heteroatoms. The Bertz CT molecular complexity index is 428. The molecule has 0 fully saturated rings. The molecule has 1 N–H and O–H groups in total. The summed E-state index contributed by atoms with van der Waals surface area (Å²) in [6, 6.07) is 0. The minimum absolute atomic E-state index is 0.270. The van der Waals surface area contributed by atoms with Gasteiger partial charge in [0.15, 0.2) is 0 Å². The fourth-order valence-electron chi connectivity index (χ4n) is 4.08. The van der Waals surface area contributed by atoms with E-state index in [1.165, 1.54) is 70.6 Å². The molecule has 0 aliphatic carbocycles. The predicted octanol–water partition coefficient (Wildman–Crippen LogP) is 4.99. The van der Waals surface area contributed by atoms with Crippen molar-refractivity contribution in [3.63, 3.8) is 0 Å².